The minimum Gasteiger partial charge on any atom is -0.338 e. The van der Waals surface area contributed by atoms with E-state index >= 15 is 0 Å². The smallest absolute Gasteiger partial charge is 0.276 e. The normalized spacial score (nSPS) is 17.1. The zero-order valence-electron chi connectivity index (χ0n) is 14.3. The highest BCUT2D eigenvalue weighted by Crippen LogP contribution is 2.28. The minimum atomic E-state index is -1.12. The molecule has 0 N–H and O–H groups in total. The number of carbonyl (C=O) groups excluding carboxylic acids is 1. The van der Waals surface area contributed by atoms with E-state index in [1.165, 1.54) is 17.0 Å². The Morgan fingerprint density at radius 3 is 2.89 bits per heavy atom. The van der Waals surface area contributed by atoms with Gasteiger partial charge in [0, 0.05) is 25.2 Å². The monoisotopic (exact) mass is 370 g/mol. The first-order chi connectivity index (χ1) is 13.1. The molecule has 0 bridgehead atoms. The van der Waals surface area contributed by atoms with Gasteiger partial charge in [-0.2, -0.15) is 4.98 Å². The molecule has 138 valence electrons. The fourth-order valence-corrected chi connectivity index (χ4v) is 3.21. The fraction of sp³-hybridized carbons (Fsp3) is 0.263. The summed E-state index contributed by atoms with van der Waals surface area (Å²) in [5, 5.41) is 4.02. The van der Waals surface area contributed by atoms with Crippen LogP contribution in [0.5, 0.6) is 0 Å². The topological polar surface area (TPSA) is 72.1 Å². The molecule has 0 radical (unpaired) electrons. The van der Waals surface area contributed by atoms with Crippen LogP contribution < -0.4 is 0 Å². The molecule has 0 unspecified atom stereocenters. The van der Waals surface area contributed by atoms with Crippen molar-refractivity contribution in [2.45, 2.75) is 18.8 Å². The highest BCUT2D eigenvalue weighted by Gasteiger charge is 2.30. The maximum atomic E-state index is 13.9. The van der Waals surface area contributed by atoms with Crippen LogP contribution in [0.2, 0.25) is 0 Å². The first-order valence-corrected chi connectivity index (χ1v) is 8.62. The fourth-order valence-electron chi connectivity index (χ4n) is 3.21. The van der Waals surface area contributed by atoms with Gasteiger partial charge in [-0.25, -0.2) is 8.78 Å². The molecular weight excluding hydrogens is 354 g/mol. The van der Waals surface area contributed by atoms with Crippen molar-refractivity contribution in [1.82, 2.24) is 20.0 Å². The van der Waals surface area contributed by atoms with Gasteiger partial charge in [0.25, 0.3) is 11.8 Å². The molecule has 3 heterocycles. The molecule has 1 saturated heterocycles. The number of piperidine rings is 1. The lowest BCUT2D eigenvalue weighted by molar-refractivity contribution is 0.0697. The Morgan fingerprint density at radius 1 is 1.19 bits per heavy atom. The third-order valence-corrected chi connectivity index (χ3v) is 4.58. The molecule has 1 fully saturated rings. The zero-order chi connectivity index (χ0) is 18.8. The van der Waals surface area contributed by atoms with Gasteiger partial charge in [0.15, 0.2) is 17.5 Å². The summed E-state index contributed by atoms with van der Waals surface area (Å²) >= 11 is 0. The van der Waals surface area contributed by atoms with Gasteiger partial charge < -0.3 is 9.42 Å². The summed E-state index contributed by atoms with van der Waals surface area (Å²) in [4.78, 5) is 22.7. The number of amides is 1. The van der Waals surface area contributed by atoms with E-state index in [1.54, 1.807) is 18.3 Å². The average molecular weight is 370 g/mol. The molecule has 1 amide bonds. The van der Waals surface area contributed by atoms with Gasteiger partial charge in [0.1, 0.15) is 5.69 Å². The first-order valence-electron chi connectivity index (χ1n) is 8.62. The maximum Gasteiger partial charge on any atom is 0.276 e. The Morgan fingerprint density at radius 2 is 2.07 bits per heavy atom. The van der Waals surface area contributed by atoms with E-state index in [0.717, 1.165) is 12.5 Å². The summed E-state index contributed by atoms with van der Waals surface area (Å²) in [6.07, 6.45) is 3.12. The lowest BCUT2D eigenvalue weighted by Crippen LogP contribution is -2.39. The van der Waals surface area contributed by atoms with E-state index in [-0.39, 0.29) is 11.5 Å². The number of hydrogen-bond acceptors (Lipinski definition) is 5. The second-order valence-electron chi connectivity index (χ2n) is 6.36. The number of likely N-dealkylation sites (tertiary alicyclic amines) is 1. The van der Waals surface area contributed by atoms with Crippen LogP contribution in [0.1, 0.15) is 34.9 Å². The molecule has 27 heavy (non-hydrogen) atoms. The van der Waals surface area contributed by atoms with Crippen molar-refractivity contribution in [3.05, 3.63) is 65.6 Å². The molecule has 2 aromatic heterocycles. The predicted molar refractivity (Wildman–Crippen MR) is 91.8 cm³/mol. The SMILES string of the molecule is O=C(c1cccc(F)c1F)N1CCC[C@H](c2noc(-c3ccccn3)n2)C1. The van der Waals surface area contributed by atoms with Crippen LogP contribution in [0.4, 0.5) is 8.78 Å². The van der Waals surface area contributed by atoms with Gasteiger partial charge in [-0.05, 0) is 37.1 Å². The van der Waals surface area contributed by atoms with Crippen molar-refractivity contribution in [2.75, 3.05) is 13.1 Å². The van der Waals surface area contributed by atoms with Crippen molar-refractivity contribution in [3.8, 4) is 11.6 Å². The second kappa shape index (κ2) is 7.22. The number of hydrogen-bond donors (Lipinski definition) is 0. The lowest BCUT2D eigenvalue weighted by atomic mass is 9.96. The highest BCUT2D eigenvalue weighted by atomic mass is 19.2. The molecule has 6 nitrogen and oxygen atoms in total. The Balaban J connectivity index is 1.52. The van der Waals surface area contributed by atoms with Crippen LogP contribution in [0.15, 0.2) is 47.1 Å². The summed E-state index contributed by atoms with van der Waals surface area (Å²) in [7, 11) is 0. The third-order valence-electron chi connectivity index (χ3n) is 4.58. The van der Waals surface area contributed by atoms with Crippen LogP contribution in [0.25, 0.3) is 11.6 Å². The van der Waals surface area contributed by atoms with Gasteiger partial charge in [-0.1, -0.05) is 17.3 Å². The molecule has 0 aliphatic carbocycles. The van der Waals surface area contributed by atoms with Crippen LogP contribution in [-0.4, -0.2) is 39.0 Å². The minimum absolute atomic E-state index is 0.138. The van der Waals surface area contributed by atoms with Gasteiger partial charge in [0.2, 0.25) is 0 Å². The van der Waals surface area contributed by atoms with E-state index in [1.807, 2.05) is 6.07 Å². The van der Waals surface area contributed by atoms with E-state index < -0.39 is 17.5 Å². The maximum absolute atomic E-state index is 13.9. The Kier molecular flexibility index (Phi) is 4.62. The molecule has 4 rings (SSSR count). The average Bonchev–Trinajstić information content (AvgIpc) is 3.21. The van der Waals surface area contributed by atoms with Gasteiger partial charge >= 0.3 is 0 Å². The summed E-state index contributed by atoms with van der Waals surface area (Å²) in [6, 6.07) is 8.98. The van der Waals surface area contributed by atoms with Crippen LogP contribution in [-0.2, 0) is 0 Å². The van der Waals surface area contributed by atoms with Crippen LogP contribution in [0.3, 0.4) is 0 Å². The number of benzene rings is 1. The summed E-state index contributed by atoms with van der Waals surface area (Å²) in [6.45, 7) is 0.784. The standard InChI is InChI=1S/C19H16F2N4O2/c20-14-7-3-6-13(16(14)21)19(26)25-10-4-5-12(11-25)17-23-18(27-24-17)15-8-1-2-9-22-15/h1-3,6-9,12H,4-5,10-11H2/t12-/m0/s1. The molecular formula is C19H16F2N4O2. The summed E-state index contributed by atoms with van der Waals surface area (Å²) in [5.41, 5.74) is 0.305. The van der Waals surface area contributed by atoms with E-state index in [4.69, 9.17) is 4.52 Å². The summed E-state index contributed by atoms with van der Waals surface area (Å²) < 4.78 is 32.7. The molecule has 0 spiro atoms. The Labute approximate surface area is 153 Å². The van der Waals surface area contributed by atoms with Crippen LogP contribution in [0, 0.1) is 11.6 Å². The largest absolute Gasteiger partial charge is 0.338 e. The van der Waals surface area contributed by atoms with E-state index in [0.29, 0.717) is 36.9 Å². The number of pyridine rings is 1. The van der Waals surface area contributed by atoms with Crippen molar-refractivity contribution < 1.29 is 18.1 Å². The van der Waals surface area contributed by atoms with Gasteiger partial charge in [0.05, 0.1) is 5.56 Å². The van der Waals surface area contributed by atoms with Crippen molar-refractivity contribution in [2.24, 2.45) is 0 Å². The molecule has 1 aliphatic heterocycles. The first kappa shape index (κ1) is 17.3. The Bertz CT molecular complexity index is 961. The quantitative estimate of drug-likeness (QED) is 0.706. The number of rotatable bonds is 3. The zero-order valence-corrected chi connectivity index (χ0v) is 14.3. The Hall–Kier alpha value is -3.16. The molecule has 1 atom stereocenters. The summed E-state index contributed by atoms with van der Waals surface area (Å²) in [5.74, 6) is -2.04. The number of nitrogens with zero attached hydrogens (tertiary/aromatic N) is 4. The molecule has 8 heteroatoms. The number of aromatic nitrogens is 3. The number of halogens is 2. The van der Waals surface area contributed by atoms with Crippen LogP contribution >= 0.6 is 0 Å². The molecule has 3 aromatic rings. The van der Waals surface area contributed by atoms with Gasteiger partial charge in [-0.15, -0.1) is 0 Å². The van der Waals surface area contributed by atoms with E-state index in [2.05, 4.69) is 15.1 Å². The third kappa shape index (κ3) is 3.42. The predicted octanol–water partition coefficient (Wildman–Crippen LogP) is 3.43. The van der Waals surface area contributed by atoms with Crippen molar-refractivity contribution >= 4 is 5.91 Å². The van der Waals surface area contributed by atoms with E-state index in [9.17, 15) is 13.6 Å². The molecule has 1 aromatic carbocycles. The highest BCUT2D eigenvalue weighted by molar-refractivity contribution is 5.94. The molecule has 0 saturated carbocycles. The lowest BCUT2D eigenvalue weighted by Gasteiger charge is -2.31. The number of carbonyl (C=O) groups is 1. The van der Waals surface area contributed by atoms with Crippen molar-refractivity contribution in [1.29, 1.82) is 0 Å². The van der Waals surface area contributed by atoms with Crippen molar-refractivity contribution in [3.63, 3.8) is 0 Å². The molecule has 1 aliphatic rings. The second-order valence-corrected chi connectivity index (χ2v) is 6.36. The van der Waals surface area contributed by atoms with Gasteiger partial charge in [-0.3, -0.25) is 9.78 Å².